The third kappa shape index (κ3) is 4.47. The predicted molar refractivity (Wildman–Crippen MR) is 94.8 cm³/mol. The number of anilines is 1. The monoisotopic (exact) mass is 315 g/mol. The van der Waals surface area contributed by atoms with Crippen molar-refractivity contribution in [3.8, 4) is 0 Å². The van der Waals surface area contributed by atoms with Crippen molar-refractivity contribution in [1.29, 1.82) is 0 Å². The number of benzene rings is 1. The fraction of sp³-hybridized carbons (Fsp3) is 0.632. The van der Waals surface area contributed by atoms with Gasteiger partial charge < -0.3 is 10.2 Å². The number of rotatable bonds is 2. The van der Waals surface area contributed by atoms with Crippen molar-refractivity contribution in [2.75, 3.05) is 31.5 Å². The Morgan fingerprint density at radius 1 is 1.04 bits per heavy atom. The molecule has 0 bridgehead atoms. The number of aryl methyl sites for hydroxylation is 1. The van der Waals surface area contributed by atoms with Gasteiger partial charge in [-0.1, -0.05) is 37.8 Å². The van der Waals surface area contributed by atoms with Crippen LogP contribution in [0.3, 0.4) is 0 Å². The van der Waals surface area contributed by atoms with Crippen molar-refractivity contribution >= 4 is 11.7 Å². The minimum absolute atomic E-state index is 0.0381. The molecule has 1 aromatic rings. The van der Waals surface area contributed by atoms with E-state index in [0.717, 1.165) is 37.9 Å². The maximum absolute atomic E-state index is 12.4. The van der Waals surface area contributed by atoms with Crippen LogP contribution in [0.15, 0.2) is 24.3 Å². The van der Waals surface area contributed by atoms with Crippen LogP contribution in [0.25, 0.3) is 0 Å². The molecule has 4 heteroatoms. The van der Waals surface area contributed by atoms with E-state index in [9.17, 15) is 4.79 Å². The van der Waals surface area contributed by atoms with E-state index in [1.165, 1.54) is 44.1 Å². The third-order valence-electron chi connectivity index (χ3n) is 5.21. The molecule has 1 aliphatic carbocycles. The molecule has 1 saturated heterocycles. The molecule has 2 aliphatic rings. The summed E-state index contributed by atoms with van der Waals surface area (Å²) in [6, 6.07) is 8.78. The number of urea groups is 1. The molecule has 0 atom stereocenters. The zero-order chi connectivity index (χ0) is 16.1. The summed E-state index contributed by atoms with van der Waals surface area (Å²) in [4.78, 5) is 17.0. The largest absolute Gasteiger partial charge is 0.322 e. The van der Waals surface area contributed by atoms with Crippen molar-refractivity contribution in [1.82, 2.24) is 9.80 Å². The molecule has 1 heterocycles. The molecular formula is C19H29N3O. The van der Waals surface area contributed by atoms with Crippen LogP contribution >= 0.6 is 0 Å². The lowest BCUT2D eigenvalue weighted by molar-refractivity contribution is 0.105. The van der Waals surface area contributed by atoms with Crippen LogP contribution in [0.1, 0.15) is 44.1 Å². The van der Waals surface area contributed by atoms with E-state index in [1.807, 2.05) is 36.1 Å². The Labute approximate surface area is 139 Å². The van der Waals surface area contributed by atoms with Crippen LogP contribution in [0.5, 0.6) is 0 Å². The molecule has 2 fully saturated rings. The average molecular weight is 315 g/mol. The number of amides is 2. The summed E-state index contributed by atoms with van der Waals surface area (Å²) in [5, 5.41) is 3.03. The SMILES string of the molecule is Cc1cccc(NC(=O)N2CCN(C3CCCCCC3)CC2)c1. The Bertz CT molecular complexity index is 515. The van der Waals surface area contributed by atoms with Crippen molar-refractivity contribution in [2.24, 2.45) is 0 Å². The van der Waals surface area contributed by atoms with Crippen LogP contribution in [-0.4, -0.2) is 48.1 Å². The fourth-order valence-corrected chi connectivity index (χ4v) is 3.84. The van der Waals surface area contributed by atoms with Crippen LogP contribution < -0.4 is 5.32 Å². The first-order chi connectivity index (χ1) is 11.2. The minimum atomic E-state index is 0.0381. The van der Waals surface area contributed by atoms with Gasteiger partial charge in [-0.25, -0.2) is 4.79 Å². The van der Waals surface area contributed by atoms with E-state index in [1.54, 1.807) is 0 Å². The van der Waals surface area contributed by atoms with E-state index in [4.69, 9.17) is 0 Å². The summed E-state index contributed by atoms with van der Waals surface area (Å²) in [6.07, 6.45) is 8.23. The highest BCUT2D eigenvalue weighted by molar-refractivity contribution is 5.89. The molecule has 3 rings (SSSR count). The number of nitrogens with one attached hydrogen (secondary N) is 1. The van der Waals surface area contributed by atoms with Gasteiger partial charge in [0.15, 0.2) is 0 Å². The second kappa shape index (κ2) is 7.82. The lowest BCUT2D eigenvalue weighted by atomic mass is 10.1. The van der Waals surface area contributed by atoms with Crippen molar-refractivity contribution < 1.29 is 4.79 Å². The second-order valence-electron chi connectivity index (χ2n) is 6.97. The highest BCUT2D eigenvalue weighted by Gasteiger charge is 2.26. The molecule has 1 aromatic carbocycles. The van der Waals surface area contributed by atoms with Crippen LogP contribution in [0.2, 0.25) is 0 Å². The molecule has 23 heavy (non-hydrogen) atoms. The standard InChI is InChI=1S/C19H29N3O/c1-16-7-6-8-17(15-16)20-19(23)22-13-11-21(12-14-22)18-9-4-2-3-5-10-18/h6-8,15,18H,2-5,9-14H2,1H3,(H,20,23). The molecule has 0 spiro atoms. The second-order valence-corrected chi connectivity index (χ2v) is 6.97. The van der Waals surface area contributed by atoms with Gasteiger partial charge in [-0.15, -0.1) is 0 Å². The molecule has 0 radical (unpaired) electrons. The van der Waals surface area contributed by atoms with E-state index in [-0.39, 0.29) is 6.03 Å². The van der Waals surface area contributed by atoms with Crippen LogP contribution in [0.4, 0.5) is 10.5 Å². The molecule has 4 nitrogen and oxygen atoms in total. The average Bonchev–Trinajstić information content (AvgIpc) is 2.84. The summed E-state index contributed by atoms with van der Waals surface area (Å²) in [5.41, 5.74) is 2.06. The normalized spacial score (nSPS) is 21.0. The lowest BCUT2D eigenvalue weighted by Gasteiger charge is -2.39. The van der Waals surface area contributed by atoms with Gasteiger partial charge in [-0.2, -0.15) is 0 Å². The van der Waals surface area contributed by atoms with Gasteiger partial charge in [0.25, 0.3) is 0 Å². The van der Waals surface area contributed by atoms with Gasteiger partial charge in [-0.05, 0) is 37.5 Å². The molecule has 1 saturated carbocycles. The topological polar surface area (TPSA) is 35.6 Å². The van der Waals surface area contributed by atoms with E-state index in [0.29, 0.717) is 0 Å². The fourth-order valence-electron chi connectivity index (χ4n) is 3.84. The molecule has 126 valence electrons. The molecule has 2 amide bonds. The first-order valence-electron chi connectivity index (χ1n) is 9.09. The van der Waals surface area contributed by atoms with Crippen LogP contribution in [-0.2, 0) is 0 Å². The Kier molecular flexibility index (Phi) is 5.55. The van der Waals surface area contributed by atoms with Gasteiger partial charge in [-0.3, -0.25) is 4.90 Å². The Hall–Kier alpha value is -1.55. The zero-order valence-electron chi connectivity index (χ0n) is 14.3. The minimum Gasteiger partial charge on any atom is -0.322 e. The summed E-state index contributed by atoms with van der Waals surface area (Å²) in [6.45, 7) is 5.77. The number of carbonyl (C=O) groups is 1. The Balaban J connectivity index is 1.49. The van der Waals surface area contributed by atoms with Gasteiger partial charge in [0.2, 0.25) is 0 Å². The lowest BCUT2D eigenvalue weighted by Crippen LogP contribution is -2.52. The first-order valence-corrected chi connectivity index (χ1v) is 9.09. The number of hydrogen-bond donors (Lipinski definition) is 1. The van der Waals surface area contributed by atoms with E-state index < -0.39 is 0 Å². The summed E-state index contributed by atoms with van der Waals surface area (Å²) < 4.78 is 0. The quantitative estimate of drug-likeness (QED) is 0.841. The summed E-state index contributed by atoms with van der Waals surface area (Å²) in [5.74, 6) is 0. The van der Waals surface area contributed by atoms with Crippen LogP contribution in [0, 0.1) is 6.92 Å². The number of carbonyl (C=O) groups excluding carboxylic acids is 1. The highest BCUT2D eigenvalue weighted by atomic mass is 16.2. The van der Waals surface area contributed by atoms with Gasteiger partial charge >= 0.3 is 6.03 Å². The van der Waals surface area contributed by atoms with Crippen molar-refractivity contribution in [3.05, 3.63) is 29.8 Å². The van der Waals surface area contributed by atoms with E-state index in [2.05, 4.69) is 10.2 Å². The Morgan fingerprint density at radius 2 is 1.74 bits per heavy atom. The van der Waals surface area contributed by atoms with Crippen molar-refractivity contribution in [3.63, 3.8) is 0 Å². The number of hydrogen-bond acceptors (Lipinski definition) is 2. The van der Waals surface area contributed by atoms with E-state index >= 15 is 0 Å². The zero-order valence-corrected chi connectivity index (χ0v) is 14.3. The predicted octanol–water partition coefficient (Wildman–Crippen LogP) is 3.87. The Morgan fingerprint density at radius 3 is 2.39 bits per heavy atom. The molecule has 1 aliphatic heterocycles. The smallest absolute Gasteiger partial charge is 0.321 e. The number of nitrogens with zero attached hydrogens (tertiary/aromatic N) is 2. The third-order valence-corrected chi connectivity index (χ3v) is 5.21. The maximum atomic E-state index is 12.4. The highest BCUT2D eigenvalue weighted by Crippen LogP contribution is 2.23. The molecule has 0 unspecified atom stereocenters. The number of piperazine rings is 1. The first kappa shape index (κ1) is 16.3. The van der Waals surface area contributed by atoms with Gasteiger partial charge in [0.05, 0.1) is 0 Å². The molecule has 0 aromatic heterocycles. The van der Waals surface area contributed by atoms with Gasteiger partial charge in [0, 0.05) is 37.9 Å². The maximum Gasteiger partial charge on any atom is 0.321 e. The molecule has 1 N–H and O–H groups in total. The summed E-state index contributed by atoms with van der Waals surface area (Å²) >= 11 is 0. The van der Waals surface area contributed by atoms with Gasteiger partial charge in [0.1, 0.15) is 0 Å². The molecular weight excluding hydrogens is 286 g/mol. The van der Waals surface area contributed by atoms with Crippen molar-refractivity contribution in [2.45, 2.75) is 51.5 Å². The summed E-state index contributed by atoms with van der Waals surface area (Å²) in [7, 11) is 0.